The first-order valence-corrected chi connectivity index (χ1v) is 6.93. The number of ether oxygens (including phenoxy) is 1. The van der Waals surface area contributed by atoms with Crippen LogP contribution in [-0.2, 0) is 11.2 Å². The van der Waals surface area contributed by atoms with Gasteiger partial charge < -0.3 is 10.1 Å². The third-order valence-corrected chi connectivity index (χ3v) is 3.81. The largest absolute Gasteiger partial charge is 0.385 e. The fraction of sp³-hybridized carbons (Fsp3) is 0.357. The van der Waals surface area contributed by atoms with Crippen LogP contribution < -0.4 is 5.32 Å². The molecule has 0 saturated heterocycles. The molecule has 2 rings (SSSR count). The number of nitrogens with zero attached hydrogens (tertiary/aromatic N) is 1. The van der Waals surface area contributed by atoms with Gasteiger partial charge in [0.2, 0.25) is 0 Å². The molecule has 1 unspecified atom stereocenters. The summed E-state index contributed by atoms with van der Waals surface area (Å²) in [6.45, 7) is 2.92. The molecule has 0 aliphatic heterocycles. The van der Waals surface area contributed by atoms with E-state index in [2.05, 4.69) is 27.8 Å². The van der Waals surface area contributed by atoms with Gasteiger partial charge >= 0.3 is 0 Å². The van der Waals surface area contributed by atoms with Crippen molar-refractivity contribution < 1.29 is 4.74 Å². The van der Waals surface area contributed by atoms with E-state index in [1.54, 1.807) is 18.4 Å². The van der Waals surface area contributed by atoms with Gasteiger partial charge in [-0.15, -0.1) is 11.3 Å². The van der Waals surface area contributed by atoms with E-state index in [9.17, 15) is 0 Å². The van der Waals surface area contributed by atoms with E-state index in [0.717, 1.165) is 29.4 Å². The molecule has 0 spiro atoms. The number of hydrogen-bond acceptors (Lipinski definition) is 4. The highest BCUT2D eigenvalue weighted by Gasteiger charge is 2.08. The van der Waals surface area contributed by atoms with Crippen LogP contribution in [0.25, 0.3) is 0 Å². The molecule has 0 aliphatic rings. The van der Waals surface area contributed by atoms with Gasteiger partial charge in [0.15, 0.2) is 0 Å². The minimum absolute atomic E-state index is 0.0887. The predicted octanol–water partition coefficient (Wildman–Crippen LogP) is 3.51. The van der Waals surface area contributed by atoms with E-state index in [1.807, 2.05) is 25.1 Å². The molecule has 0 radical (unpaired) electrons. The number of anilines is 1. The first-order chi connectivity index (χ1) is 8.79. The molecule has 0 fully saturated rings. The number of rotatable bonds is 6. The molecule has 1 aromatic heterocycles. The molecule has 1 atom stereocenters. The van der Waals surface area contributed by atoms with Crippen LogP contribution >= 0.6 is 11.3 Å². The van der Waals surface area contributed by atoms with Crippen LogP contribution in [0.1, 0.15) is 23.7 Å². The molecular formula is C14H18N2OS. The average molecular weight is 262 g/mol. The van der Waals surface area contributed by atoms with Gasteiger partial charge in [-0.05, 0) is 19.1 Å². The Kier molecular flexibility index (Phi) is 4.73. The predicted molar refractivity (Wildman–Crippen MR) is 76.2 cm³/mol. The van der Waals surface area contributed by atoms with Gasteiger partial charge in [-0.1, -0.05) is 18.2 Å². The Morgan fingerprint density at radius 1 is 1.33 bits per heavy atom. The van der Waals surface area contributed by atoms with E-state index < -0.39 is 0 Å². The van der Waals surface area contributed by atoms with Crippen LogP contribution in [0.15, 0.2) is 35.7 Å². The Labute approximate surface area is 112 Å². The fourth-order valence-corrected chi connectivity index (χ4v) is 2.50. The van der Waals surface area contributed by atoms with Crippen LogP contribution in [-0.4, -0.2) is 18.6 Å². The maximum absolute atomic E-state index is 5.26. The van der Waals surface area contributed by atoms with Gasteiger partial charge in [-0.25, -0.2) is 4.98 Å². The summed E-state index contributed by atoms with van der Waals surface area (Å²) >= 11 is 1.66. The number of methoxy groups -OCH3 is 1. The summed E-state index contributed by atoms with van der Waals surface area (Å²) < 4.78 is 5.26. The number of aromatic nitrogens is 1. The van der Waals surface area contributed by atoms with Crippen molar-refractivity contribution in [3.8, 4) is 0 Å². The van der Waals surface area contributed by atoms with Crippen molar-refractivity contribution in [2.75, 3.05) is 19.0 Å². The quantitative estimate of drug-likeness (QED) is 0.865. The van der Waals surface area contributed by atoms with Gasteiger partial charge in [-0.3, -0.25) is 0 Å². The zero-order valence-corrected chi connectivity index (χ0v) is 11.5. The summed E-state index contributed by atoms with van der Waals surface area (Å²) in [7, 11) is 1.71. The molecule has 18 heavy (non-hydrogen) atoms. The highest BCUT2D eigenvalue weighted by molar-refractivity contribution is 7.09. The fourth-order valence-electron chi connectivity index (χ4n) is 1.62. The molecule has 0 saturated carbocycles. The number of para-hydroxylation sites is 1. The zero-order valence-electron chi connectivity index (χ0n) is 10.7. The van der Waals surface area contributed by atoms with Crippen molar-refractivity contribution in [2.24, 2.45) is 0 Å². The second kappa shape index (κ2) is 6.52. The Morgan fingerprint density at radius 3 is 2.83 bits per heavy atom. The van der Waals surface area contributed by atoms with Gasteiger partial charge in [0.25, 0.3) is 0 Å². The van der Waals surface area contributed by atoms with Crippen LogP contribution in [0.4, 0.5) is 5.69 Å². The Bertz CT molecular complexity index is 470. The Morgan fingerprint density at radius 2 is 2.11 bits per heavy atom. The molecule has 0 amide bonds. The smallest absolute Gasteiger partial charge is 0.121 e. The second-order valence-corrected chi connectivity index (χ2v) is 4.99. The van der Waals surface area contributed by atoms with Gasteiger partial charge in [0.1, 0.15) is 11.1 Å². The van der Waals surface area contributed by atoms with E-state index in [-0.39, 0.29) is 6.10 Å². The normalized spacial score (nSPS) is 12.3. The van der Waals surface area contributed by atoms with Gasteiger partial charge in [-0.2, -0.15) is 0 Å². The third-order valence-electron chi connectivity index (χ3n) is 2.75. The molecule has 1 N–H and O–H groups in total. The summed E-state index contributed by atoms with van der Waals surface area (Å²) in [5.74, 6) is 0. The lowest BCUT2D eigenvalue weighted by Gasteiger charge is -2.05. The van der Waals surface area contributed by atoms with E-state index in [0.29, 0.717) is 0 Å². The lowest BCUT2D eigenvalue weighted by atomic mass is 10.3. The molecule has 2 aromatic rings. The van der Waals surface area contributed by atoms with Crippen LogP contribution in [0.3, 0.4) is 0 Å². The van der Waals surface area contributed by atoms with E-state index in [1.165, 1.54) is 0 Å². The molecule has 0 bridgehead atoms. The van der Waals surface area contributed by atoms with Crippen molar-refractivity contribution in [1.82, 2.24) is 4.98 Å². The molecule has 1 aromatic carbocycles. The summed E-state index contributed by atoms with van der Waals surface area (Å²) in [4.78, 5) is 4.57. The molecule has 1 heterocycles. The first kappa shape index (κ1) is 13.1. The Hall–Kier alpha value is -1.39. The SMILES string of the molecule is COC(C)c1nc(CCNc2ccccc2)cs1. The zero-order chi connectivity index (χ0) is 12.8. The summed E-state index contributed by atoms with van der Waals surface area (Å²) in [5, 5.41) is 6.54. The monoisotopic (exact) mass is 262 g/mol. The van der Waals surface area contributed by atoms with Crippen molar-refractivity contribution >= 4 is 17.0 Å². The van der Waals surface area contributed by atoms with Crippen LogP contribution in [0, 0.1) is 0 Å². The molecular weight excluding hydrogens is 244 g/mol. The summed E-state index contributed by atoms with van der Waals surface area (Å²) in [6.07, 6.45) is 1.02. The molecule has 3 nitrogen and oxygen atoms in total. The van der Waals surface area contributed by atoms with Crippen molar-refractivity contribution in [3.05, 3.63) is 46.4 Å². The lowest BCUT2D eigenvalue weighted by molar-refractivity contribution is 0.119. The highest BCUT2D eigenvalue weighted by atomic mass is 32.1. The summed E-state index contributed by atoms with van der Waals surface area (Å²) in [5.41, 5.74) is 2.28. The lowest BCUT2D eigenvalue weighted by Crippen LogP contribution is -2.05. The van der Waals surface area contributed by atoms with Crippen LogP contribution in [0.2, 0.25) is 0 Å². The van der Waals surface area contributed by atoms with E-state index in [4.69, 9.17) is 4.74 Å². The summed E-state index contributed by atoms with van der Waals surface area (Å²) in [6, 6.07) is 10.2. The topological polar surface area (TPSA) is 34.1 Å². The average Bonchev–Trinajstić information content (AvgIpc) is 2.88. The van der Waals surface area contributed by atoms with Crippen LogP contribution in [0.5, 0.6) is 0 Å². The van der Waals surface area contributed by atoms with Crippen molar-refractivity contribution in [1.29, 1.82) is 0 Å². The van der Waals surface area contributed by atoms with Gasteiger partial charge in [0.05, 0.1) is 5.69 Å². The van der Waals surface area contributed by atoms with Gasteiger partial charge in [0, 0.05) is 31.1 Å². The minimum atomic E-state index is 0.0887. The maximum atomic E-state index is 5.26. The number of hydrogen-bond donors (Lipinski definition) is 1. The standard InChI is InChI=1S/C14H18N2OS/c1-11(17-2)14-16-13(10-18-14)8-9-15-12-6-4-3-5-7-12/h3-7,10-11,15H,8-9H2,1-2H3. The Balaban J connectivity index is 1.82. The molecule has 0 aliphatic carbocycles. The maximum Gasteiger partial charge on any atom is 0.121 e. The van der Waals surface area contributed by atoms with E-state index >= 15 is 0 Å². The van der Waals surface area contributed by atoms with Crippen molar-refractivity contribution in [2.45, 2.75) is 19.4 Å². The third kappa shape index (κ3) is 3.55. The molecule has 4 heteroatoms. The highest BCUT2D eigenvalue weighted by Crippen LogP contribution is 2.20. The molecule has 96 valence electrons. The number of thiazole rings is 1. The first-order valence-electron chi connectivity index (χ1n) is 6.05. The number of benzene rings is 1. The minimum Gasteiger partial charge on any atom is -0.385 e. The number of nitrogens with one attached hydrogen (secondary N) is 1. The second-order valence-electron chi connectivity index (χ2n) is 4.10. The van der Waals surface area contributed by atoms with Crippen molar-refractivity contribution in [3.63, 3.8) is 0 Å².